The highest BCUT2D eigenvalue weighted by molar-refractivity contribution is 6.31. The van der Waals surface area contributed by atoms with E-state index >= 15 is 0 Å². The molecule has 1 fully saturated rings. The number of aliphatic hydroxyl groups is 1. The molecule has 0 saturated heterocycles. The van der Waals surface area contributed by atoms with Crippen LogP contribution in [0, 0.1) is 0 Å². The molecule has 0 spiro atoms. The molecule has 0 radical (unpaired) electrons. The van der Waals surface area contributed by atoms with Crippen molar-refractivity contribution >= 4 is 34.5 Å². The maximum Gasteiger partial charge on any atom is 0.246 e. The molecule has 1 N–H and O–H groups in total. The van der Waals surface area contributed by atoms with E-state index in [0.717, 1.165) is 42.6 Å². The molecule has 9 heteroatoms. The molecule has 0 unspecified atom stereocenters. The van der Waals surface area contributed by atoms with E-state index in [0.29, 0.717) is 16.5 Å². The fourth-order valence-electron chi connectivity index (χ4n) is 4.20. The number of nitrogens with zero attached hydrogens (tertiary/aromatic N) is 6. The third-order valence-electron chi connectivity index (χ3n) is 5.89. The van der Waals surface area contributed by atoms with Crippen LogP contribution < -0.4 is 9.80 Å². The maximum absolute atomic E-state index is 12.6. The Morgan fingerprint density at radius 3 is 2.79 bits per heavy atom. The average Bonchev–Trinajstić information content (AvgIpc) is 3.14. The molecule has 0 atom stereocenters. The smallest absolute Gasteiger partial charge is 0.246 e. The van der Waals surface area contributed by atoms with Crippen LogP contribution in [-0.4, -0.2) is 56.3 Å². The van der Waals surface area contributed by atoms with Gasteiger partial charge in [-0.25, -0.2) is 14.5 Å². The molecule has 8 nitrogen and oxygen atoms in total. The van der Waals surface area contributed by atoms with Crippen LogP contribution in [0.1, 0.15) is 25.7 Å². The first-order valence-corrected chi connectivity index (χ1v) is 10.1. The summed E-state index contributed by atoms with van der Waals surface area (Å²) in [6.07, 6.45) is 8.13. The van der Waals surface area contributed by atoms with Gasteiger partial charge in [0.05, 0.1) is 36.1 Å². The minimum Gasteiger partial charge on any atom is -0.393 e. The third kappa shape index (κ3) is 3.12. The van der Waals surface area contributed by atoms with Gasteiger partial charge in [-0.2, -0.15) is 5.10 Å². The van der Waals surface area contributed by atoms with E-state index in [2.05, 4.69) is 15.0 Å². The second-order valence-corrected chi connectivity index (χ2v) is 8.11. The Bertz CT molecular complexity index is 1090. The number of aliphatic hydroxyl groups excluding tert-OH is 1. The van der Waals surface area contributed by atoms with Crippen molar-refractivity contribution in [2.45, 2.75) is 37.8 Å². The number of carbonyl (C=O) groups excluding carboxylic acids is 1. The number of hydrogen-bond acceptors (Lipinski definition) is 6. The van der Waals surface area contributed by atoms with Crippen molar-refractivity contribution in [2.75, 3.05) is 23.4 Å². The van der Waals surface area contributed by atoms with Crippen LogP contribution in [0.15, 0.2) is 30.7 Å². The normalized spacial score (nSPS) is 22.2. The Morgan fingerprint density at radius 1 is 1.21 bits per heavy atom. The molecule has 150 valence electrons. The minimum atomic E-state index is -0.252. The first-order chi connectivity index (χ1) is 14.0. The van der Waals surface area contributed by atoms with E-state index < -0.39 is 0 Å². The van der Waals surface area contributed by atoms with Crippen LogP contribution >= 0.6 is 11.6 Å². The van der Waals surface area contributed by atoms with Crippen molar-refractivity contribution < 1.29 is 9.90 Å². The number of amides is 1. The largest absolute Gasteiger partial charge is 0.393 e. The fourth-order valence-corrected chi connectivity index (χ4v) is 4.36. The monoisotopic (exact) mass is 412 g/mol. The lowest BCUT2D eigenvalue weighted by molar-refractivity contribution is -0.117. The van der Waals surface area contributed by atoms with Crippen molar-refractivity contribution in [1.82, 2.24) is 19.6 Å². The zero-order chi connectivity index (χ0) is 20.1. The van der Waals surface area contributed by atoms with Crippen molar-refractivity contribution in [3.63, 3.8) is 0 Å². The van der Waals surface area contributed by atoms with E-state index in [9.17, 15) is 9.90 Å². The van der Waals surface area contributed by atoms with Crippen LogP contribution in [0.5, 0.6) is 0 Å². The van der Waals surface area contributed by atoms with E-state index in [1.165, 1.54) is 0 Å². The third-order valence-corrected chi connectivity index (χ3v) is 6.13. The van der Waals surface area contributed by atoms with Gasteiger partial charge in [0.1, 0.15) is 5.69 Å². The molecule has 0 bridgehead atoms. The Hall–Kier alpha value is -2.71. The molecule has 1 amide bonds. The van der Waals surface area contributed by atoms with Crippen molar-refractivity contribution in [3.8, 4) is 11.4 Å². The Morgan fingerprint density at radius 2 is 2.00 bits per heavy atom. The average molecular weight is 413 g/mol. The Kier molecular flexibility index (Phi) is 4.40. The summed E-state index contributed by atoms with van der Waals surface area (Å²) in [5, 5.41) is 14.8. The molecule has 4 heterocycles. The fraction of sp³-hybridized carbons (Fsp3) is 0.400. The summed E-state index contributed by atoms with van der Waals surface area (Å²) < 4.78 is 1.74. The molecule has 3 aromatic heterocycles. The van der Waals surface area contributed by atoms with E-state index in [1.807, 2.05) is 6.07 Å². The summed E-state index contributed by atoms with van der Waals surface area (Å²) >= 11 is 6.17. The van der Waals surface area contributed by atoms with E-state index in [1.54, 1.807) is 41.1 Å². The summed E-state index contributed by atoms with van der Waals surface area (Å²) in [7, 11) is 1.75. The molecule has 29 heavy (non-hydrogen) atoms. The first kappa shape index (κ1) is 18.3. The predicted octanol–water partition coefficient (Wildman–Crippen LogP) is 2.53. The highest BCUT2D eigenvalue weighted by Gasteiger charge is 2.35. The molecule has 1 aliphatic heterocycles. The zero-order valence-electron chi connectivity index (χ0n) is 16.0. The number of aromatic nitrogens is 4. The highest BCUT2D eigenvalue weighted by Crippen LogP contribution is 2.37. The molecular formula is C20H21ClN6O2. The summed E-state index contributed by atoms with van der Waals surface area (Å²) in [5.74, 6) is 1.31. The van der Waals surface area contributed by atoms with Gasteiger partial charge in [-0.1, -0.05) is 11.6 Å². The molecule has 2 aliphatic rings. The molecule has 1 aliphatic carbocycles. The summed E-state index contributed by atoms with van der Waals surface area (Å²) in [4.78, 5) is 25.6. The molecule has 3 aromatic rings. The summed E-state index contributed by atoms with van der Waals surface area (Å²) in [6, 6.07) is 3.79. The lowest BCUT2D eigenvalue weighted by Crippen LogP contribution is -2.50. The number of rotatable bonds is 2. The molecule has 0 aromatic carbocycles. The number of anilines is 2. The van der Waals surface area contributed by atoms with E-state index in [4.69, 9.17) is 16.6 Å². The summed E-state index contributed by atoms with van der Waals surface area (Å²) in [6.45, 7) is 0.279. The Balaban J connectivity index is 1.59. The van der Waals surface area contributed by atoms with Crippen molar-refractivity contribution in [2.24, 2.45) is 0 Å². The molecule has 5 rings (SSSR count). The topological polar surface area (TPSA) is 86.9 Å². The zero-order valence-corrected chi connectivity index (χ0v) is 16.7. The van der Waals surface area contributed by atoms with Gasteiger partial charge in [0.15, 0.2) is 11.6 Å². The van der Waals surface area contributed by atoms with Gasteiger partial charge in [-0.15, -0.1) is 0 Å². The van der Waals surface area contributed by atoms with Crippen LogP contribution in [0.3, 0.4) is 0 Å². The van der Waals surface area contributed by atoms with Gasteiger partial charge < -0.3 is 14.9 Å². The van der Waals surface area contributed by atoms with Gasteiger partial charge in [0, 0.05) is 24.3 Å². The number of carbonyl (C=O) groups is 1. The van der Waals surface area contributed by atoms with Gasteiger partial charge in [-0.05, 0) is 37.8 Å². The predicted molar refractivity (Wildman–Crippen MR) is 110 cm³/mol. The quantitative estimate of drug-likeness (QED) is 0.696. The van der Waals surface area contributed by atoms with Gasteiger partial charge in [0.2, 0.25) is 5.91 Å². The van der Waals surface area contributed by atoms with Crippen LogP contribution in [-0.2, 0) is 4.79 Å². The lowest BCUT2D eigenvalue weighted by atomic mass is 9.91. The molecular weight excluding hydrogens is 392 g/mol. The number of hydrogen-bond donors (Lipinski definition) is 1. The van der Waals surface area contributed by atoms with E-state index in [-0.39, 0.29) is 24.6 Å². The first-order valence-electron chi connectivity index (χ1n) is 9.73. The van der Waals surface area contributed by atoms with Gasteiger partial charge >= 0.3 is 0 Å². The lowest BCUT2D eigenvalue weighted by Gasteiger charge is -2.41. The number of pyridine rings is 1. The van der Waals surface area contributed by atoms with Crippen LogP contribution in [0.4, 0.5) is 11.5 Å². The SMILES string of the molecule is CN1C(=O)CN(C2CCC(O)CC2)c2nc(-c3cnn4ccc(Cl)cc34)ncc21. The maximum atomic E-state index is 12.6. The highest BCUT2D eigenvalue weighted by atomic mass is 35.5. The summed E-state index contributed by atoms with van der Waals surface area (Å²) in [5.41, 5.74) is 2.31. The number of likely N-dealkylation sites (N-methyl/N-ethyl adjacent to an activating group) is 1. The van der Waals surface area contributed by atoms with Crippen LogP contribution in [0.2, 0.25) is 5.02 Å². The number of fused-ring (bicyclic) bond motifs is 2. The standard InChI is InChI=1S/C20H21ClN6O2/c1-25-17-10-22-19(15-9-23-27-7-6-12(21)8-16(15)27)24-20(17)26(11-18(25)29)13-2-4-14(28)5-3-13/h6-10,13-14,28H,2-5,11H2,1H3. The second-order valence-electron chi connectivity index (χ2n) is 7.68. The Labute approximate surface area is 172 Å². The van der Waals surface area contributed by atoms with Gasteiger partial charge in [0.25, 0.3) is 0 Å². The minimum absolute atomic E-state index is 0.0164. The number of halogens is 1. The second kappa shape index (κ2) is 6.96. The molecule has 1 saturated carbocycles. The van der Waals surface area contributed by atoms with Crippen LogP contribution in [0.25, 0.3) is 16.9 Å². The van der Waals surface area contributed by atoms with Crippen molar-refractivity contribution in [3.05, 3.63) is 35.7 Å². The van der Waals surface area contributed by atoms with Gasteiger partial charge in [-0.3, -0.25) is 4.79 Å². The van der Waals surface area contributed by atoms with Crippen molar-refractivity contribution in [1.29, 1.82) is 0 Å².